The molecule has 0 bridgehead atoms. The molecule has 1 heterocycles. The van der Waals surface area contributed by atoms with Crippen LogP contribution in [0.3, 0.4) is 0 Å². The molecule has 21 heavy (non-hydrogen) atoms. The highest BCUT2D eigenvalue weighted by molar-refractivity contribution is 4.90. The first-order valence-electron chi connectivity index (χ1n) is 8.93. The van der Waals surface area contributed by atoms with Crippen molar-refractivity contribution in [1.29, 1.82) is 0 Å². The Morgan fingerprint density at radius 1 is 1.05 bits per heavy atom. The van der Waals surface area contributed by atoms with E-state index in [2.05, 4.69) is 35.9 Å². The summed E-state index contributed by atoms with van der Waals surface area (Å²) in [5, 5.41) is 12.8. The van der Waals surface area contributed by atoms with Crippen molar-refractivity contribution in [2.75, 3.05) is 52.4 Å². The van der Waals surface area contributed by atoms with E-state index >= 15 is 0 Å². The van der Waals surface area contributed by atoms with Crippen LogP contribution in [-0.2, 0) is 0 Å². The molecule has 2 fully saturated rings. The molecule has 0 aromatic carbocycles. The summed E-state index contributed by atoms with van der Waals surface area (Å²) in [5.41, 5.74) is 0. The molecule has 4 nitrogen and oxygen atoms in total. The van der Waals surface area contributed by atoms with Gasteiger partial charge in [-0.3, -0.25) is 4.90 Å². The number of nitrogens with zero attached hydrogens (tertiary/aromatic N) is 2. The van der Waals surface area contributed by atoms with Gasteiger partial charge in [-0.2, -0.15) is 0 Å². The number of β-amino-alcohol motifs (C(OH)–C–C–N with tert-alkyl or cyclic N) is 1. The van der Waals surface area contributed by atoms with Crippen LogP contribution in [0, 0.1) is 17.8 Å². The number of aliphatic hydroxyl groups is 1. The van der Waals surface area contributed by atoms with Crippen LogP contribution in [-0.4, -0.2) is 73.4 Å². The molecule has 0 spiro atoms. The van der Waals surface area contributed by atoms with Gasteiger partial charge in [0.25, 0.3) is 0 Å². The average Bonchev–Trinajstić information content (AvgIpc) is 2.45. The standard InChI is InChI=1S/C17H35N3O/c1-4-18-17-12-14(2)11-15(3)16(17)13-20-7-5-19(6-8-20)9-10-21/h14-18,21H,4-13H2,1-3H3. The van der Waals surface area contributed by atoms with E-state index in [-0.39, 0.29) is 0 Å². The van der Waals surface area contributed by atoms with Gasteiger partial charge in [0.05, 0.1) is 6.61 Å². The van der Waals surface area contributed by atoms with E-state index < -0.39 is 0 Å². The van der Waals surface area contributed by atoms with Gasteiger partial charge < -0.3 is 15.3 Å². The van der Waals surface area contributed by atoms with Crippen LogP contribution in [0.4, 0.5) is 0 Å². The molecule has 1 saturated heterocycles. The molecule has 1 aliphatic carbocycles. The Morgan fingerprint density at radius 3 is 2.33 bits per heavy atom. The topological polar surface area (TPSA) is 38.7 Å². The van der Waals surface area contributed by atoms with Crippen molar-refractivity contribution in [2.24, 2.45) is 17.8 Å². The van der Waals surface area contributed by atoms with Crippen LogP contribution in [0.15, 0.2) is 0 Å². The molecule has 4 atom stereocenters. The summed E-state index contributed by atoms with van der Waals surface area (Å²) in [7, 11) is 0. The monoisotopic (exact) mass is 297 g/mol. The van der Waals surface area contributed by atoms with Crippen LogP contribution in [0.1, 0.15) is 33.6 Å². The summed E-state index contributed by atoms with van der Waals surface area (Å²) in [6.45, 7) is 15.1. The lowest BCUT2D eigenvalue weighted by Crippen LogP contribution is -2.53. The third kappa shape index (κ3) is 4.92. The molecule has 4 heteroatoms. The molecule has 1 saturated carbocycles. The van der Waals surface area contributed by atoms with Gasteiger partial charge in [-0.05, 0) is 37.1 Å². The van der Waals surface area contributed by atoms with Crippen molar-refractivity contribution < 1.29 is 5.11 Å². The van der Waals surface area contributed by atoms with Gasteiger partial charge in [-0.1, -0.05) is 20.8 Å². The maximum Gasteiger partial charge on any atom is 0.0558 e. The fraction of sp³-hybridized carbons (Fsp3) is 1.00. The maximum absolute atomic E-state index is 9.04. The molecule has 2 N–H and O–H groups in total. The third-order valence-corrected chi connectivity index (χ3v) is 5.49. The van der Waals surface area contributed by atoms with Gasteiger partial charge in [0.2, 0.25) is 0 Å². The first-order valence-corrected chi connectivity index (χ1v) is 8.93. The summed E-state index contributed by atoms with van der Waals surface area (Å²) < 4.78 is 0. The SMILES string of the molecule is CCNC1CC(C)CC(C)C1CN1CCN(CCO)CC1. The van der Waals surface area contributed by atoms with Crippen molar-refractivity contribution in [2.45, 2.75) is 39.7 Å². The number of hydrogen-bond donors (Lipinski definition) is 2. The largest absolute Gasteiger partial charge is 0.395 e. The Morgan fingerprint density at radius 2 is 1.71 bits per heavy atom. The summed E-state index contributed by atoms with van der Waals surface area (Å²) in [4.78, 5) is 5.03. The Balaban J connectivity index is 1.85. The summed E-state index contributed by atoms with van der Waals surface area (Å²) >= 11 is 0. The fourth-order valence-electron chi connectivity index (χ4n) is 4.35. The number of nitrogens with one attached hydrogen (secondary N) is 1. The second-order valence-corrected chi connectivity index (χ2v) is 7.25. The minimum atomic E-state index is 0.292. The molecule has 2 aliphatic rings. The zero-order chi connectivity index (χ0) is 15.2. The highest BCUT2D eigenvalue weighted by atomic mass is 16.3. The zero-order valence-corrected chi connectivity index (χ0v) is 14.2. The Bertz CT molecular complexity index is 292. The normalized spacial score (nSPS) is 36.0. The lowest BCUT2D eigenvalue weighted by Gasteiger charge is -2.44. The number of piperazine rings is 1. The van der Waals surface area contributed by atoms with E-state index in [9.17, 15) is 0 Å². The van der Waals surface area contributed by atoms with Crippen molar-refractivity contribution >= 4 is 0 Å². The summed E-state index contributed by atoms with van der Waals surface area (Å²) in [6, 6.07) is 0.698. The van der Waals surface area contributed by atoms with E-state index in [0.29, 0.717) is 12.6 Å². The lowest BCUT2D eigenvalue weighted by atomic mass is 9.72. The third-order valence-electron chi connectivity index (χ3n) is 5.49. The molecular formula is C17H35N3O. The molecule has 0 radical (unpaired) electrons. The van der Waals surface area contributed by atoms with Crippen LogP contribution in [0.2, 0.25) is 0 Å². The molecule has 2 rings (SSSR count). The highest BCUT2D eigenvalue weighted by Gasteiger charge is 2.34. The predicted molar refractivity (Wildman–Crippen MR) is 88.5 cm³/mol. The van der Waals surface area contributed by atoms with Crippen LogP contribution in [0.5, 0.6) is 0 Å². The summed E-state index contributed by atoms with van der Waals surface area (Å²) in [6.07, 6.45) is 2.73. The smallest absolute Gasteiger partial charge is 0.0558 e. The van der Waals surface area contributed by atoms with E-state index in [1.54, 1.807) is 0 Å². The second kappa shape index (κ2) is 8.47. The minimum absolute atomic E-state index is 0.292. The molecule has 0 aromatic rings. The van der Waals surface area contributed by atoms with Crippen molar-refractivity contribution in [1.82, 2.24) is 15.1 Å². The van der Waals surface area contributed by atoms with Crippen LogP contribution < -0.4 is 5.32 Å². The van der Waals surface area contributed by atoms with Crippen molar-refractivity contribution in [3.8, 4) is 0 Å². The van der Waals surface area contributed by atoms with E-state index in [0.717, 1.165) is 57.0 Å². The Labute approximate surface area is 130 Å². The lowest BCUT2D eigenvalue weighted by molar-refractivity contribution is 0.0631. The van der Waals surface area contributed by atoms with Crippen molar-refractivity contribution in [3.05, 3.63) is 0 Å². The summed E-state index contributed by atoms with van der Waals surface area (Å²) in [5.74, 6) is 2.49. The average molecular weight is 297 g/mol. The van der Waals surface area contributed by atoms with E-state index in [4.69, 9.17) is 5.11 Å². The molecule has 124 valence electrons. The van der Waals surface area contributed by atoms with Gasteiger partial charge in [-0.15, -0.1) is 0 Å². The minimum Gasteiger partial charge on any atom is -0.395 e. The quantitative estimate of drug-likeness (QED) is 0.774. The molecule has 4 unspecified atom stereocenters. The molecule has 1 aliphatic heterocycles. The van der Waals surface area contributed by atoms with Gasteiger partial charge in [0.1, 0.15) is 0 Å². The van der Waals surface area contributed by atoms with Crippen LogP contribution >= 0.6 is 0 Å². The zero-order valence-electron chi connectivity index (χ0n) is 14.2. The molecule has 0 aromatic heterocycles. The fourth-order valence-corrected chi connectivity index (χ4v) is 4.35. The number of hydrogen-bond acceptors (Lipinski definition) is 4. The van der Waals surface area contributed by atoms with Crippen molar-refractivity contribution in [3.63, 3.8) is 0 Å². The second-order valence-electron chi connectivity index (χ2n) is 7.25. The van der Waals surface area contributed by atoms with E-state index in [1.165, 1.54) is 19.4 Å². The van der Waals surface area contributed by atoms with Gasteiger partial charge >= 0.3 is 0 Å². The van der Waals surface area contributed by atoms with Crippen LogP contribution in [0.25, 0.3) is 0 Å². The molecular weight excluding hydrogens is 262 g/mol. The molecule has 0 amide bonds. The number of aliphatic hydroxyl groups excluding tert-OH is 1. The maximum atomic E-state index is 9.04. The number of rotatable bonds is 6. The van der Waals surface area contributed by atoms with E-state index in [1.807, 2.05) is 0 Å². The van der Waals surface area contributed by atoms with Gasteiger partial charge in [0.15, 0.2) is 0 Å². The first kappa shape index (κ1) is 17.2. The Hall–Kier alpha value is -0.160. The predicted octanol–water partition coefficient (Wildman–Crippen LogP) is 1.26. The first-order chi connectivity index (χ1) is 10.1. The van der Waals surface area contributed by atoms with Gasteiger partial charge in [-0.25, -0.2) is 0 Å². The highest BCUT2D eigenvalue weighted by Crippen LogP contribution is 2.34. The Kier molecular flexibility index (Phi) is 6.93. The van der Waals surface area contributed by atoms with Gasteiger partial charge in [0, 0.05) is 45.3 Å².